The number of carbonyl (C=O) groups excluding carboxylic acids is 2. The molecule has 0 radical (unpaired) electrons. The molecule has 0 spiro atoms. The standard InChI is InChI=1S/C12H24N2O3/c1-10(15)13-8-6-4-5-7-11(16)14-9-12(2,3)17/h17H,4-9H2,1-3H3,(H,13,15)(H,14,16). The van der Waals surface area contributed by atoms with Crippen LogP contribution in [0.4, 0.5) is 0 Å². The molecule has 0 rings (SSSR count). The van der Waals surface area contributed by atoms with Crippen LogP contribution >= 0.6 is 0 Å². The molecule has 0 atom stereocenters. The molecule has 17 heavy (non-hydrogen) atoms. The van der Waals surface area contributed by atoms with E-state index in [0.717, 1.165) is 19.3 Å². The van der Waals surface area contributed by atoms with E-state index in [1.807, 2.05) is 0 Å². The molecular formula is C12H24N2O3. The Hall–Kier alpha value is -1.10. The lowest BCUT2D eigenvalue weighted by Crippen LogP contribution is -2.38. The van der Waals surface area contributed by atoms with E-state index in [4.69, 9.17) is 0 Å². The van der Waals surface area contributed by atoms with Crippen LogP contribution in [0.2, 0.25) is 0 Å². The number of unbranched alkanes of at least 4 members (excludes halogenated alkanes) is 2. The van der Waals surface area contributed by atoms with Crippen LogP contribution in [0.25, 0.3) is 0 Å². The van der Waals surface area contributed by atoms with Gasteiger partial charge in [-0.05, 0) is 26.7 Å². The fraction of sp³-hybridized carbons (Fsp3) is 0.833. The first-order chi connectivity index (χ1) is 7.81. The van der Waals surface area contributed by atoms with Gasteiger partial charge in [0.25, 0.3) is 0 Å². The first-order valence-electron chi connectivity index (χ1n) is 6.05. The van der Waals surface area contributed by atoms with Gasteiger partial charge in [0.2, 0.25) is 11.8 Å². The van der Waals surface area contributed by atoms with E-state index in [9.17, 15) is 14.7 Å². The van der Waals surface area contributed by atoms with Gasteiger partial charge in [0.15, 0.2) is 0 Å². The van der Waals surface area contributed by atoms with Crippen molar-refractivity contribution in [2.45, 2.75) is 52.1 Å². The second-order valence-corrected chi connectivity index (χ2v) is 4.88. The lowest BCUT2D eigenvalue weighted by atomic mass is 10.1. The maximum absolute atomic E-state index is 11.3. The Morgan fingerprint density at radius 1 is 1.12 bits per heavy atom. The van der Waals surface area contributed by atoms with Crippen LogP contribution in [0, 0.1) is 0 Å². The minimum Gasteiger partial charge on any atom is -0.389 e. The first-order valence-corrected chi connectivity index (χ1v) is 6.05. The molecule has 0 saturated carbocycles. The molecule has 0 heterocycles. The Morgan fingerprint density at radius 2 is 1.76 bits per heavy atom. The number of carbonyl (C=O) groups is 2. The lowest BCUT2D eigenvalue weighted by molar-refractivity contribution is -0.122. The molecule has 0 saturated heterocycles. The van der Waals surface area contributed by atoms with E-state index in [1.54, 1.807) is 13.8 Å². The van der Waals surface area contributed by atoms with Crippen LogP contribution in [0.15, 0.2) is 0 Å². The van der Waals surface area contributed by atoms with Crippen LogP contribution in [-0.2, 0) is 9.59 Å². The third kappa shape index (κ3) is 12.8. The molecular weight excluding hydrogens is 220 g/mol. The normalized spacial score (nSPS) is 11.1. The largest absolute Gasteiger partial charge is 0.389 e. The molecule has 0 aliphatic rings. The summed E-state index contributed by atoms with van der Waals surface area (Å²) in [5, 5.41) is 14.8. The van der Waals surface area contributed by atoms with Gasteiger partial charge in [0, 0.05) is 26.4 Å². The van der Waals surface area contributed by atoms with Crippen molar-refractivity contribution in [1.82, 2.24) is 10.6 Å². The Bertz CT molecular complexity index is 247. The van der Waals surface area contributed by atoms with Crippen molar-refractivity contribution in [3.63, 3.8) is 0 Å². The Balaban J connectivity index is 3.37. The molecule has 0 fully saturated rings. The molecule has 5 heteroatoms. The first kappa shape index (κ1) is 15.9. The van der Waals surface area contributed by atoms with Gasteiger partial charge in [-0.1, -0.05) is 6.42 Å². The zero-order valence-electron chi connectivity index (χ0n) is 11.0. The summed E-state index contributed by atoms with van der Waals surface area (Å²) in [5.41, 5.74) is -0.860. The second kappa shape index (κ2) is 8.06. The molecule has 3 N–H and O–H groups in total. The van der Waals surface area contributed by atoms with E-state index in [0.29, 0.717) is 13.0 Å². The van der Waals surface area contributed by atoms with E-state index >= 15 is 0 Å². The van der Waals surface area contributed by atoms with E-state index in [2.05, 4.69) is 10.6 Å². The summed E-state index contributed by atoms with van der Waals surface area (Å²) < 4.78 is 0. The van der Waals surface area contributed by atoms with Crippen LogP contribution in [0.3, 0.4) is 0 Å². The maximum Gasteiger partial charge on any atom is 0.220 e. The van der Waals surface area contributed by atoms with E-state index in [-0.39, 0.29) is 18.4 Å². The topological polar surface area (TPSA) is 78.4 Å². The Morgan fingerprint density at radius 3 is 2.29 bits per heavy atom. The highest BCUT2D eigenvalue weighted by Gasteiger charge is 2.13. The summed E-state index contributed by atoms with van der Waals surface area (Å²) in [6.45, 7) is 5.74. The number of aliphatic hydroxyl groups is 1. The molecule has 0 aliphatic heterocycles. The van der Waals surface area contributed by atoms with Gasteiger partial charge in [-0.3, -0.25) is 9.59 Å². The summed E-state index contributed by atoms with van der Waals surface area (Å²) in [7, 11) is 0. The van der Waals surface area contributed by atoms with Crippen molar-refractivity contribution in [1.29, 1.82) is 0 Å². The molecule has 0 aliphatic carbocycles. The van der Waals surface area contributed by atoms with Gasteiger partial charge < -0.3 is 15.7 Å². The molecule has 0 aromatic carbocycles. The number of rotatable bonds is 8. The molecule has 100 valence electrons. The molecule has 0 aromatic rings. The van der Waals surface area contributed by atoms with Gasteiger partial charge in [-0.15, -0.1) is 0 Å². The summed E-state index contributed by atoms with van der Waals surface area (Å²) in [5.74, 6) is -0.0560. The molecule has 0 unspecified atom stereocenters. The maximum atomic E-state index is 11.3. The monoisotopic (exact) mass is 244 g/mol. The number of hydrogen-bond donors (Lipinski definition) is 3. The number of hydrogen-bond acceptors (Lipinski definition) is 3. The van der Waals surface area contributed by atoms with Gasteiger partial charge in [-0.25, -0.2) is 0 Å². The third-order valence-corrected chi connectivity index (χ3v) is 2.17. The lowest BCUT2D eigenvalue weighted by Gasteiger charge is -2.17. The summed E-state index contributed by atoms with van der Waals surface area (Å²) in [4.78, 5) is 21.9. The predicted molar refractivity (Wildman–Crippen MR) is 66.5 cm³/mol. The third-order valence-electron chi connectivity index (χ3n) is 2.17. The molecule has 0 aromatic heterocycles. The van der Waals surface area contributed by atoms with Crippen LogP contribution < -0.4 is 10.6 Å². The summed E-state index contributed by atoms with van der Waals surface area (Å²) in [6, 6.07) is 0. The minimum absolute atomic E-state index is 0.0204. The summed E-state index contributed by atoms with van der Waals surface area (Å²) >= 11 is 0. The Kier molecular flexibility index (Phi) is 7.54. The smallest absolute Gasteiger partial charge is 0.220 e. The Labute approximate surface area is 103 Å². The van der Waals surface area contributed by atoms with E-state index < -0.39 is 5.60 Å². The zero-order chi connectivity index (χ0) is 13.3. The van der Waals surface area contributed by atoms with Crippen molar-refractivity contribution in [3.8, 4) is 0 Å². The fourth-order valence-corrected chi connectivity index (χ4v) is 1.26. The highest BCUT2D eigenvalue weighted by molar-refractivity contribution is 5.75. The van der Waals surface area contributed by atoms with Crippen LogP contribution in [-0.4, -0.2) is 35.6 Å². The fourth-order valence-electron chi connectivity index (χ4n) is 1.26. The average Bonchev–Trinajstić information content (AvgIpc) is 2.19. The van der Waals surface area contributed by atoms with Gasteiger partial charge in [0.05, 0.1) is 5.60 Å². The van der Waals surface area contributed by atoms with Crippen LogP contribution in [0.1, 0.15) is 46.5 Å². The van der Waals surface area contributed by atoms with Crippen molar-refractivity contribution in [3.05, 3.63) is 0 Å². The predicted octanol–water partition coefficient (Wildman–Crippen LogP) is 0.570. The van der Waals surface area contributed by atoms with Crippen molar-refractivity contribution < 1.29 is 14.7 Å². The molecule has 2 amide bonds. The number of amides is 2. The van der Waals surface area contributed by atoms with E-state index in [1.165, 1.54) is 6.92 Å². The molecule has 0 bridgehead atoms. The SMILES string of the molecule is CC(=O)NCCCCCC(=O)NCC(C)(C)O. The highest BCUT2D eigenvalue weighted by Crippen LogP contribution is 2.01. The quantitative estimate of drug-likeness (QED) is 0.546. The molecule has 5 nitrogen and oxygen atoms in total. The van der Waals surface area contributed by atoms with Gasteiger partial charge in [0.1, 0.15) is 0 Å². The average molecular weight is 244 g/mol. The van der Waals surface area contributed by atoms with Gasteiger partial charge >= 0.3 is 0 Å². The second-order valence-electron chi connectivity index (χ2n) is 4.88. The van der Waals surface area contributed by atoms with Crippen molar-refractivity contribution in [2.75, 3.05) is 13.1 Å². The minimum atomic E-state index is -0.860. The zero-order valence-corrected chi connectivity index (χ0v) is 11.0. The van der Waals surface area contributed by atoms with Gasteiger partial charge in [-0.2, -0.15) is 0 Å². The highest BCUT2D eigenvalue weighted by atomic mass is 16.3. The number of nitrogens with one attached hydrogen (secondary N) is 2. The summed E-state index contributed by atoms with van der Waals surface area (Å²) in [6.07, 6.45) is 3.07. The van der Waals surface area contributed by atoms with Crippen molar-refractivity contribution >= 4 is 11.8 Å². The van der Waals surface area contributed by atoms with Crippen molar-refractivity contribution in [2.24, 2.45) is 0 Å². The van der Waals surface area contributed by atoms with Crippen LogP contribution in [0.5, 0.6) is 0 Å².